The first-order valence-electron chi connectivity index (χ1n) is 18.2. The Labute approximate surface area is 288 Å². The summed E-state index contributed by atoms with van der Waals surface area (Å²) < 4.78 is 9.78. The van der Waals surface area contributed by atoms with Crippen molar-refractivity contribution in [3.63, 3.8) is 0 Å². The Morgan fingerprint density at radius 1 is 1.02 bits per heavy atom. The normalized spacial score (nSPS) is 27.3. The van der Waals surface area contributed by atoms with Crippen LogP contribution in [0.15, 0.2) is 36.4 Å². The molecule has 1 aliphatic carbocycles. The summed E-state index contributed by atoms with van der Waals surface area (Å²) in [6.45, 7) is 14.1. The lowest BCUT2D eigenvalue weighted by atomic mass is 9.64. The standard InChI is InChI=1S/C39H58ClN3O2S/c1-6-10-30-22-34(40)16-18-36(30)33-25-43-24-32-14-17-35(32)29(13-9-21-42(5)20-7-2)12-8-11-27(3)28(4)46-41-39(44)31-15-19-38(45-26-33)37(43)23-31/h15-16,18-19,22-23,27-29,32-33,35H,6-14,17,20-21,24-26H2,1-5H3,(H,41,44). The van der Waals surface area contributed by atoms with Gasteiger partial charge in [-0.2, -0.15) is 0 Å². The van der Waals surface area contributed by atoms with Crippen molar-refractivity contribution in [3.8, 4) is 5.75 Å². The van der Waals surface area contributed by atoms with Crippen LogP contribution < -0.4 is 14.4 Å². The summed E-state index contributed by atoms with van der Waals surface area (Å²) >= 11 is 8.07. The summed E-state index contributed by atoms with van der Waals surface area (Å²) in [6, 6.07) is 12.5. The molecule has 254 valence electrons. The smallest absolute Gasteiger partial charge is 0.261 e. The highest BCUT2D eigenvalue weighted by atomic mass is 35.5. The van der Waals surface area contributed by atoms with E-state index in [1.54, 1.807) is 11.9 Å². The minimum atomic E-state index is -0.0164. The van der Waals surface area contributed by atoms with Gasteiger partial charge in [0.15, 0.2) is 0 Å². The Hall–Kier alpha value is -1.89. The summed E-state index contributed by atoms with van der Waals surface area (Å²) in [5, 5.41) is 1.17. The van der Waals surface area contributed by atoms with Gasteiger partial charge in [0.05, 0.1) is 12.3 Å². The molecule has 2 heterocycles. The number of carbonyl (C=O) groups excluding carboxylic acids is 1. The van der Waals surface area contributed by atoms with Crippen molar-refractivity contribution in [2.75, 3.05) is 44.7 Å². The van der Waals surface area contributed by atoms with E-state index < -0.39 is 0 Å². The fourth-order valence-corrected chi connectivity index (χ4v) is 9.10. The van der Waals surface area contributed by atoms with Crippen LogP contribution in [0.25, 0.3) is 0 Å². The second-order valence-corrected chi connectivity index (χ2v) is 16.2. The summed E-state index contributed by atoms with van der Waals surface area (Å²) in [5.74, 6) is 3.90. The molecule has 5 rings (SSSR count). The van der Waals surface area contributed by atoms with Crippen molar-refractivity contribution < 1.29 is 9.53 Å². The van der Waals surface area contributed by atoms with Gasteiger partial charge in [-0.25, -0.2) is 0 Å². The highest BCUT2D eigenvalue weighted by Gasteiger charge is 2.39. The molecule has 0 radical (unpaired) electrons. The van der Waals surface area contributed by atoms with Crippen LogP contribution in [0.5, 0.6) is 5.75 Å². The lowest BCUT2D eigenvalue weighted by Crippen LogP contribution is -2.43. The van der Waals surface area contributed by atoms with Crippen LogP contribution in [-0.4, -0.2) is 55.9 Å². The number of amides is 1. The van der Waals surface area contributed by atoms with Crippen molar-refractivity contribution in [2.45, 2.75) is 103 Å². The van der Waals surface area contributed by atoms with Gasteiger partial charge in [0.25, 0.3) is 5.91 Å². The Bertz CT molecular complexity index is 1290. The Morgan fingerprint density at radius 3 is 2.63 bits per heavy atom. The Balaban J connectivity index is 1.45. The van der Waals surface area contributed by atoms with Gasteiger partial charge in [0, 0.05) is 34.8 Å². The second-order valence-electron chi connectivity index (χ2n) is 14.6. The molecule has 1 saturated carbocycles. The first-order chi connectivity index (χ1) is 22.3. The average Bonchev–Trinajstić information content (AvgIpc) is 3.20. The average molecular weight is 668 g/mol. The molecular weight excluding hydrogens is 610 g/mol. The first kappa shape index (κ1) is 35.4. The molecule has 1 fully saturated rings. The van der Waals surface area contributed by atoms with Gasteiger partial charge in [-0.15, -0.1) is 0 Å². The molecule has 6 unspecified atom stereocenters. The number of carbonyl (C=O) groups is 1. The van der Waals surface area contributed by atoms with Gasteiger partial charge in [-0.1, -0.05) is 64.6 Å². The fourth-order valence-electron chi connectivity index (χ4n) is 8.13. The molecule has 0 spiro atoms. The molecule has 7 heteroatoms. The van der Waals surface area contributed by atoms with E-state index in [1.807, 2.05) is 18.2 Å². The number of nitrogens with zero attached hydrogens (tertiary/aromatic N) is 2. The van der Waals surface area contributed by atoms with Gasteiger partial charge in [-0.3, -0.25) is 9.52 Å². The Kier molecular flexibility index (Phi) is 13.1. The molecular formula is C39H58ClN3O2S. The number of halogens is 1. The molecule has 0 saturated heterocycles. The van der Waals surface area contributed by atoms with E-state index in [-0.39, 0.29) is 11.8 Å². The molecule has 6 atom stereocenters. The number of anilines is 1. The maximum atomic E-state index is 13.4. The molecule has 1 amide bonds. The van der Waals surface area contributed by atoms with E-state index in [2.05, 4.69) is 67.5 Å². The number of benzene rings is 2. The third-order valence-corrected chi connectivity index (χ3v) is 12.5. The van der Waals surface area contributed by atoms with Crippen molar-refractivity contribution in [1.29, 1.82) is 0 Å². The minimum Gasteiger partial charge on any atom is -0.491 e. The predicted molar refractivity (Wildman–Crippen MR) is 197 cm³/mol. The summed E-state index contributed by atoms with van der Waals surface area (Å²) in [5.41, 5.74) is 4.47. The maximum Gasteiger partial charge on any atom is 0.261 e. The van der Waals surface area contributed by atoms with Crippen LogP contribution in [0, 0.1) is 23.7 Å². The SMILES string of the molecule is CCCc1cc(Cl)ccc1C1COc2ccc3cc2N(C1)CC1CCC1C(CCCN(C)CCC)CCCC(C)C(C)SNC3=O. The number of aryl methyl sites for hydroxylation is 1. The van der Waals surface area contributed by atoms with Crippen molar-refractivity contribution in [3.05, 3.63) is 58.1 Å². The van der Waals surface area contributed by atoms with E-state index in [0.717, 1.165) is 54.2 Å². The molecule has 0 aromatic heterocycles. The number of nitrogens with one attached hydrogen (secondary N) is 1. The number of rotatable bonds is 9. The summed E-state index contributed by atoms with van der Waals surface area (Å²) in [6.07, 6.45) is 12.4. The van der Waals surface area contributed by atoms with Gasteiger partial charge in [-0.05, 0) is 142 Å². The van der Waals surface area contributed by atoms with Gasteiger partial charge in [0.1, 0.15) is 5.75 Å². The zero-order chi connectivity index (χ0) is 32.6. The molecule has 1 N–H and O–H groups in total. The molecule has 2 aliphatic heterocycles. The van der Waals surface area contributed by atoms with Crippen molar-refractivity contribution >= 4 is 35.1 Å². The van der Waals surface area contributed by atoms with E-state index in [0.29, 0.717) is 29.3 Å². The lowest BCUT2D eigenvalue weighted by Gasteiger charge is -2.45. The third-order valence-electron chi connectivity index (χ3n) is 11.1. The molecule has 2 bridgehead atoms. The fraction of sp³-hybridized carbons (Fsp3) is 0.667. The Morgan fingerprint density at radius 2 is 1.87 bits per heavy atom. The van der Waals surface area contributed by atoms with Gasteiger partial charge in [0.2, 0.25) is 0 Å². The number of hydrogen-bond acceptors (Lipinski definition) is 5. The lowest BCUT2D eigenvalue weighted by molar-refractivity contribution is 0.0903. The van der Waals surface area contributed by atoms with Gasteiger partial charge < -0.3 is 14.5 Å². The van der Waals surface area contributed by atoms with Crippen LogP contribution in [0.1, 0.15) is 113 Å². The maximum absolute atomic E-state index is 13.4. The van der Waals surface area contributed by atoms with E-state index in [1.165, 1.54) is 75.6 Å². The van der Waals surface area contributed by atoms with Crippen LogP contribution in [0.2, 0.25) is 5.02 Å². The van der Waals surface area contributed by atoms with Crippen molar-refractivity contribution in [1.82, 2.24) is 9.62 Å². The number of ether oxygens (including phenoxy) is 1. The monoisotopic (exact) mass is 667 g/mol. The second kappa shape index (κ2) is 17.0. The largest absolute Gasteiger partial charge is 0.491 e. The summed E-state index contributed by atoms with van der Waals surface area (Å²) in [7, 11) is 2.28. The molecule has 2 aromatic carbocycles. The molecule has 2 aromatic rings. The topological polar surface area (TPSA) is 44.8 Å². The zero-order valence-corrected chi connectivity index (χ0v) is 30.6. The number of fused-ring (bicyclic) bond motifs is 2. The van der Waals surface area contributed by atoms with Crippen LogP contribution in [-0.2, 0) is 6.42 Å². The van der Waals surface area contributed by atoms with Gasteiger partial charge >= 0.3 is 0 Å². The molecule has 3 aliphatic rings. The minimum absolute atomic E-state index is 0.0164. The quantitative estimate of drug-likeness (QED) is 0.270. The predicted octanol–water partition coefficient (Wildman–Crippen LogP) is 9.63. The molecule has 5 nitrogen and oxygen atoms in total. The first-order valence-corrected chi connectivity index (χ1v) is 19.5. The van der Waals surface area contributed by atoms with E-state index >= 15 is 0 Å². The third kappa shape index (κ3) is 8.96. The van der Waals surface area contributed by atoms with Crippen LogP contribution >= 0.6 is 23.5 Å². The summed E-state index contributed by atoms with van der Waals surface area (Å²) in [4.78, 5) is 18.5. The van der Waals surface area contributed by atoms with Crippen LogP contribution in [0.3, 0.4) is 0 Å². The highest BCUT2D eigenvalue weighted by Crippen LogP contribution is 2.46. The van der Waals surface area contributed by atoms with Crippen LogP contribution in [0.4, 0.5) is 5.69 Å². The number of hydrogen-bond donors (Lipinski definition) is 1. The van der Waals surface area contributed by atoms with E-state index in [4.69, 9.17) is 16.3 Å². The van der Waals surface area contributed by atoms with E-state index in [9.17, 15) is 4.79 Å². The zero-order valence-electron chi connectivity index (χ0n) is 29.0. The molecule has 46 heavy (non-hydrogen) atoms. The highest BCUT2D eigenvalue weighted by molar-refractivity contribution is 7.98. The van der Waals surface area contributed by atoms with Crippen molar-refractivity contribution in [2.24, 2.45) is 23.7 Å².